The average Bonchev–Trinajstić information content (AvgIpc) is 3.44. The molecule has 2 aromatic heterocycles. The van der Waals surface area contributed by atoms with Crippen molar-refractivity contribution in [3.8, 4) is 10.7 Å². The molecule has 1 aliphatic heterocycles. The van der Waals surface area contributed by atoms with Crippen LogP contribution in [-0.2, 0) is 14.8 Å². The monoisotopic (exact) mass is 491 g/mol. The predicted octanol–water partition coefficient (Wildman–Crippen LogP) is 4.35. The van der Waals surface area contributed by atoms with Crippen LogP contribution in [0.3, 0.4) is 0 Å². The van der Waals surface area contributed by atoms with Crippen LogP contribution in [-0.4, -0.2) is 46.5 Å². The molecule has 1 fully saturated rings. The summed E-state index contributed by atoms with van der Waals surface area (Å²) < 4.78 is 29.9. The van der Waals surface area contributed by atoms with E-state index < -0.39 is 16.1 Å². The zero-order valence-electron chi connectivity index (χ0n) is 17.9. The number of carbonyl (C=O) groups excluding carboxylic acids is 1. The molecule has 1 aliphatic rings. The number of sulfonamides is 1. The molecule has 1 aromatic carbocycles. The summed E-state index contributed by atoms with van der Waals surface area (Å²) >= 11 is 6.85. The first kappa shape index (κ1) is 22.8. The fourth-order valence-corrected chi connectivity index (χ4v) is 6.58. The Balaban J connectivity index is 1.59. The number of carbonyl (C=O) groups is 1. The smallest absolute Gasteiger partial charge is 0.247 e. The van der Waals surface area contributed by atoms with Gasteiger partial charge in [-0.15, -0.1) is 11.3 Å². The van der Waals surface area contributed by atoms with Gasteiger partial charge in [0.05, 0.1) is 9.77 Å². The Kier molecular flexibility index (Phi) is 6.61. The number of piperidine rings is 1. The predicted molar refractivity (Wildman–Crippen MR) is 128 cm³/mol. The van der Waals surface area contributed by atoms with Crippen molar-refractivity contribution in [1.82, 2.24) is 19.1 Å². The summed E-state index contributed by atoms with van der Waals surface area (Å²) in [7, 11) is -3.61. The summed E-state index contributed by atoms with van der Waals surface area (Å²) in [4.78, 5) is 14.2. The van der Waals surface area contributed by atoms with Gasteiger partial charge in [0.25, 0.3) is 0 Å². The number of aryl methyl sites for hydroxylation is 1. The maximum atomic E-state index is 13.2. The SMILES string of the molecule is Cc1ccc(NC(=O)C(C)n2c(-c3cccs3)n[nH]c2=S)cc1S(=O)(=O)N1CCCCC1. The summed E-state index contributed by atoms with van der Waals surface area (Å²) in [6.07, 6.45) is 2.78. The summed E-state index contributed by atoms with van der Waals surface area (Å²) in [5.41, 5.74) is 1.08. The lowest BCUT2D eigenvalue weighted by Crippen LogP contribution is -2.36. The number of thiophene rings is 1. The van der Waals surface area contributed by atoms with Crippen LogP contribution >= 0.6 is 23.6 Å². The topological polar surface area (TPSA) is 100 Å². The van der Waals surface area contributed by atoms with Crippen molar-refractivity contribution in [2.24, 2.45) is 0 Å². The van der Waals surface area contributed by atoms with E-state index in [1.807, 2.05) is 17.5 Å². The van der Waals surface area contributed by atoms with E-state index in [1.54, 1.807) is 36.6 Å². The lowest BCUT2D eigenvalue weighted by atomic mass is 10.2. The highest BCUT2D eigenvalue weighted by Crippen LogP contribution is 2.28. The molecular formula is C21H25N5O3S3. The summed E-state index contributed by atoms with van der Waals surface area (Å²) in [6, 6.07) is 8.14. The highest BCUT2D eigenvalue weighted by Gasteiger charge is 2.28. The molecule has 2 N–H and O–H groups in total. The lowest BCUT2D eigenvalue weighted by Gasteiger charge is -2.26. The molecule has 3 heterocycles. The largest absolute Gasteiger partial charge is 0.324 e. The number of benzene rings is 1. The van der Waals surface area contributed by atoms with E-state index in [1.165, 1.54) is 15.6 Å². The molecule has 0 bridgehead atoms. The van der Waals surface area contributed by atoms with Gasteiger partial charge in [0.15, 0.2) is 10.6 Å². The number of nitrogens with one attached hydrogen (secondary N) is 2. The van der Waals surface area contributed by atoms with Gasteiger partial charge in [0.1, 0.15) is 6.04 Å². The Labute approximate surface area is 196 Å². The van der Waals surface area contributed by atoms with Crippen LogP contribution in [0.15, 0.2) is 40.6 Å². The summed E-state index contributed by atoms with van der Waals surface area (Å²) in [5.74, 6) is 0.274. The minimum absolute atomic E-state index is 0.226. The maximum Gasteiger partial charge on any atom is 0.247 e. The van der Waals surface area contributed by atoms with Crippen molar-refractivity contribution in [3.63, 3.8) is 0 Å². The third-order valence-electron chi connectivity index (χ3n) is 5.60. The molecule has 0 spiro atoms. The molecule has 11 heteroatoms. The van der Waals surface area contributed by atoms with Gasteiger partial charge in [0.2, 0.25) is 15.9 Å². The van der Waals surface area contributed by atoms with Crippen LogP contribution in [0.2, 0.25) is 0 Å². The first-order valence-electron chi connectivity index (χ1n) is 10.4. The first-order chi connectivity index (χ1) is 15.3. The van der Waals surface area contributed by atoms with Crippen LogP contribution in [0.5, 0.6) is 0 Å². The van der Waals surface area contributed by atoms with Gasteiger partial charge in [-0.25, -0.2) is 8.42 Å². The zero-order chi connectivity index (χ0) is 22.9. The molecule has 1 saturated heterocycles. The highest BCUT2D eigenvalue weighted by molar-refractivity contribution is 7.89. The molecule has 0 radical (unpaired) electrons. The Morgan fingerprint density at radius 3 is 2.69 bits per heavy atom. The van der Waals surface area contributed by atoms with Crippen molar-refractivity contribution in [1.29, 1.82) is 0 Å². The number of anilines is 1. The van der Waals surface area contributed by atoms with Gasteiger partial charge in [-0.1, -0.05) is 18.6 Å². The van der Waals surface area contributed by atoms with Gasteiger partial charge >= 0.3 is 0 Å². The molecule has 170 valence electrons. The van der Waals surface area contributed by atoms with E-state index in [0.717, 1.165) is 24.1 Å². The van der Waals surface area contributed by atoms with Crippen molar-refractivity contribution < 1.29 is 13.2 Å². The minimum Gasteiger partial charge on any atom is -0.324 e. The van der Waals surface area contributed by atoms with Gasteiger partial charge < -0.3 is 5.32 Å². The minimum atomic E-state index is -3.61. The van der Waals surface area contributed by atoms with Crippen LogP contribution < -0.4 is 5.32 Å². The molecule has 0 aliphatic carbocycles. The van der Waals surface area contributed by atoms with E-state index in [-0.39, 0.29) is 10.8 Å². The van der Waals surface area contributed by atoms with E-state index in [0.29, 0.717) is 34.9 Å². The summed E-state index contributed by atoms with van der Waals surface area (Å²) in [6.45, 7) is 4.56. The van der Waals surface area contributed by atoms with Gasteiger partial charge in [-0.05, 0) is 68.0 Å². The number of amides is 1. The zero-order valence-corrected chi connectivity index (χ0v) is 20.3. The second-order valence-electron chi connectivity index (χ2n) is 7.81. The third-order valence-corrected chi connectivity index (χ3v) is 8.80. The van der Waals surface area contributed by atoms with Gasteiger partial charge in [-0.2, -0.15) is 9.40 Å². The van der Waals surface area contributed by atoms with Gasteiger partial charge in [0, 0.05) is 18.8 Å². The van der Waals surface area contributed by atoms with Crippen molar-refractivity contribution >= 4 is 45.2 Å². The molecule has 1 unspecified atom stereocenters. The molecule has 4 rings (SSSR count). The number of hydrogen-bond acceptors (Lipinski definition) is 6. The fraction of sp³-hybridized carbons (Fsp3) is 0.381. The maximum absolute atomic E-state index is 13.2. The van der Waals surface area contributed by atoms with E-state index >= 15 is 0 Å². The first-order valence-corrected chi connectivity index (χ1v) is 13.1. The van der Waals surface area contributed by atoms with E-state index in [2.05, 4.69) is 15.5 Å². The lowest BCUT2D eigenvalue weighted by molar-refractivity contribution is -0.118. The number of nitrogens with zero attached hydrogens (tertiary/aromatic N) is 3. The number of H-pyrrole nitrogens is 1. The van der Waals surface area contributed by atoms with Crippen molar-refractivity contribution in [3.05, 3.63) is 46.0 Å². The van der Waals surface area contributed by atoms with Crippen molar-refractivity contribution in [2.45, 2.75) is 44.0 Å². The normalized spacial score (nSPS) is 16.1. The van der Waals surface area contributed by atoms with E-state index in [4.69, 9.17) is 12.2 Å². The molecule has 8 nitrogen and oxygen atoms in total. The standard InChI is InChI=1S/C21H25N5O3S3/c1-14-8-9-16(13-18(14)32(28,29)25-10-4-3-5-11-25)22-20(27)15(2)26-19(23-24-21(26)30)17-7-6-12-31-17/h6-9,12-13,15H,3-5,10-11H2,1-2H3,(H,22,27)(H,24,30). The molecule has 32 heavy (non-hydrogen) atoms. The Morgan fingerprint density at radius 1 is 1.25 bits per heavy atom. The van der Waals surface area contributed by atoms with Crippen LogP contribution in [0.25, 0.3) is 10.7 Å². The summed E-state index contributed by atoms with van der Waals surface area (Å²) in [5, 5.41) is 11.8. The van der Waals surface area contributed by atoms with Crippen LogP contribution in [0.4, 0.5) is 5.69 Å². The Bertz CT molecular complexity index is 1270. The molecule has 0 saturated carbocycles. The molecule has 1 atom stereocenters. The van der Waals surface area contributed by atoms with E-state index in [9.17, 15) is 13.2 Å². The second-order valence-corrected chi connectivity index (χ2v) is 11.1. The number of rotatable bonds is 6. The van der Waals surface area contributed by atoms with Crippen molar-refractivity contribution in [2.75, 3.05) is 18.4 Å². The number of aromatic amines is 1. The van der Waals surface area contributed by atoms with Crippen LogP contribution in [0, 0.1) is 11.7 Å². The molecular weight excluding hydrogens is 466 g/mol. The number of hydrogen-bond donors (Lipinski definition) is 2. The second kappa shape index (κ2) is 9.26. The molecule has 3 aromatic rings. The average molecular weight is 492 g/mol. The Hall–Kier alpha value is -2.34. The van der Waals surface area contributed by atoms with Gasteiger partial charge in [-0.3, -0.25) is 14.5 Å². The quantitative estimate of drug-likeness (QED) is 0.499. The van der Waals surface area contributed by atoms with Crippen LogP contribution in [0.1, 0.15) is 37.8 Å². The fourth-order valence-electron chi connectivity index (χ4n) is 3.81. The third kappa shape index (κ3) is 4.42. The number of aromatic nitrogens is 3. The molecule has 1 amide bonds. The highest BCUT2D eigenvalue weighted by atomic mass is 32.2. The Morgan fingerprint density at radius 2 is 2.00 bits per heavy atom.